The third-order valence-corrected chi connectivity index (χ3v) is 3.48. The summed E-state index contributed by atoms with van der Waals surface area (Å²) in [6.45, 7) is 3.70. The van der Waals surface area contributed by atoms with E-state index in [2.05, 4.69) is 10.4 Å². The number of nitrogens with zero attached hydrogens (tertiary/aromatic N) is 3. The maximum absolute atomic E-state index is 12.1. The SMILES string of the molecule is CCCC(C)(N)C(=O)Nc1ccc(-n2ncn(C)c2=O)cc1.Cl. The number of hydrogen-bond acceptors (Lipinski definition) is 4. The Hall–Kier alpha value is -2.12. The van der Waals surface area contributed by atoms with Crippen LogP contribution in [0, 0.1) is 0 Å². The highest BCUT2D eigenvalue weighted by Crippen LogP contribution is 2.15. The number of carbonyl (C=O) groups is 1. The van der Waals surface area contributed by atoms with Gasteiger partial charge in [-0.1, -0.05) is 13.3 Å². The van der Waals surface area contributed by atoms with Gasteiger partial charge in [-0.05, 0) is 37.6 Å². The van der Waals surface area contributed by atoms with Crippen molar-refractivity contribution in [2.45, 2.75) is 32.2 Å². The summed E-state index contributed by atoms with van der Waals surface area (Å²) in [6.07, 6.45) is 2.89. The minimum absolute atomic E-state index is 0. The molecule has 126 valence electrons. The van der Waals surface area contributed by atoms with Gasteiger partial charge in [-0.3, -0.25) is 9.36 Å². The summed E-state index contributed by atoms with van der Waals surface area (Å²) >= 11 is 0. The van der Waals surface area contributed by atoms with E-state index in [0.717, 1.165) is 6.42 Å². The highest BCUT2D eigenvalue weighted by Gasteiger charge is 2.27. The highest BCUT2D eigenvalue weighted by atomic mass is 35.5. The summed E-state index contributed by atoms with van der Waals surface area (Å²) < 4.78 is 2.68. The van der Waals surface area contributed by atoms with E-state index >= 15 is 0 Å². The van der Waals surface area contributed by atoms with Crippen molar-refractivity contribution in [2.24, 2.45) is 12.8 Å². The molecular weight excluding hydrogens is 318 g/mol. The van der Waals surface area contributed by atoms with Crippen LogP contribution in [0.15, 0.2) is 35.4 Å². The Morgan fingerprint density at radius 2 is 1.96 bits per heavy atom. The van der Waals surface area contributed by atoms with Gasteiger partial charge in [0.2, 0.25) is 5.91 Å². The molecule has 1 atom stereocenters. The van der Waals surface area contributed by atoms with Crippen molar-refractivity contribution in [1.29, 1.82) is 0 Å². The standard InChI is InChI=1S/C15H21N5O2.ClH/c1-4-9-15(2,16)13(21)18-11-5-7-12(8-6-11)20-14(22)19(3)10-17-20;/h5-8,10H,4,9,16H2,1-3H3,(H,18,21);1H. The number of benzene rings is 1. The first-order valence-corrected chi connectivity index (χ1v) is 7.16. The summed E-state index contributed by atoms with van der Waals surface area (Å²) in [5, 5.41) is 6.79. The molecule has 1 amide bonds. The number of aromatic nitrogens is 3. The number of nitrogens with one attached hydrogen (secondary N) is 1. The van der Waals surface area contributed by atoms with Gasteiger partial charge in [0.25, 0.3) is 0 Å². The van der Waals surface area contributed by atoms with E-state index in [0.29, 0.717) is 17.8 Å². The molecule has 0 spiro atoms. The van der Waals surface area contributed by atoms with Crippen LogP contribution < -0.4 is 16.7 Å². The van der Waals surface area contributed by atoms with Crippen LogP contribution in [-0.4, -0.2) is 25.8 Å². The normalized spacial score (nSPS) is 13.0. The van der Waals surface area contributed by atoms with Crippen LogP contribution in [0.1, 0.15) is 26.7 Å². The number of hydrogen-bond donors (Lipinski definition) is 2. The minimum Gasteiger partial charge on any atom is -0.325 e. The number of aryl methyl sites for hydroxylation is 1. The van der Waals surface area contributed by atoms with Gasteiger partial charge in [0.15, 0.2) is 0 Å². The Kier molecular flexibility index (Phi) is 6.12. The summed E-state index contributed by atoms with van der Waals surface area (Å²) in [7, 11) is 1.64. The molecule has 0 aliphatic rings. The Bertz CT molecular complexity index is 718. The van der Waals surface area contributed by atoms with Crippen molar-refractivity contribution in [3.05, 3.63) is 41.1 Å². The monoisotopic (exact) mass is 339 g/mol. The fourth-order valence-corrected chi connectivity index (χ4v) is 2.15. The third-order valence-electron chi connectivity index (χ3n) is 3.48. The van der Waals surface area contributed by atoms with E-state index in [9.17, 15) is 9.59 Å². The van der Waals surface area contributed by atoms with Crippen molar-refractivity contribution >= 4 is 24.0 Å². The summed E-state index contributed by atoms with van der Waals surface area (Å²) in [5.41, 5.74) is 6.13. The largest absolute Gasteiger partial charge is 0.350 e. The molecule has 2 aromatic rings. The molecule has 2 rings (SSSR count). The molecule has 1 heterocycles. The van der Waals surface area contributed by atoms with Crippen molar-refractivity contribution in [3.63, 3.8) is 0 Å². The van der Waals surface area contributed by atoms with Gasteiger partial charge in [0.05, 0.1) is 11.2 Å². The first-order valence-electron chi connectivity index (χ1n) is 7.16. The van der Waals surface area contributed by atoms with Crippen LogP contribution in [0.25, 0.3) is 5.69 Å². The predicted molar refractivity (Wildman–Crippen MR) is 92.2 cm³/mol. The molecule has 1 aromatic carbocycles. The third kappa shape index (κ3) is 4.20. The molecule has 0 aliphatic carbocycles. The summed E-state index contributed by atoms with van der Waals surface area (Å²) in [5.74, 6) is -0.225. The second kappa shape index (κ2) is 7.43. The van der Waals surface area contributed by atoms with Gasteiger partial charge in [-0.2, -0.15) is 9.78 Å². The van der Waals surface area contributed by atoms with Crippen LogP contribution in [0.5, 0.6) is 0 Å². The number of anilines is 1. The minimum atomic E-state index is -0.897. The van der Waals surface area contributed by atoms with Gasteiger partial charge < -0.3 is 11.1 Å². The summed E-state index contributed by atoms with van der Waals surface area (Å²) in [6, 6.07) is 6.88. The van der Waals surface area contributed by atoms with Gasteiger partial charge in [-0.15, -0.1) is 12.4 Å². The van der Waals surface area contributed by atoms with E-state index < -0.39 is 5.54 Å². The van der Waals surface area contributed by atoms with Crippen LogP contribution in [0.2, 0.25) is 0 Å². The summed E-state index contributed by atoms with van der Waals surface area (Å²) in [4.78, 5) is 23.9. The second-order valence-corrected chi connectivity index (χ2v) is 5.60. The molecule has 0 fully saturated rings. The van der Waals surface area contributed by atoms with Crippen molar-refractivity contribution in [1.82, 2.24) is 14.3 Å². The molecule has 0 aliphatic heterocycles. The molecule has 1 aromatic heterocycles. The van der Waals surface area contributed by atoms with Crippen LogP contribution in [0.4, 0.5) is 5.69 Å². The van der Waals surface area contributed by atoms with Gasteiger partial charge in [-0.25, -0.2) is 4.79 Å². The quantitative estimate of drug-likeness (QED) is 0.861. The fourth-order valence-electron chi connectivity index (χ4n) is 2.15. The first kappa shape index (κ1) is 18.9. The van der Waals surface area contributed by atoms with Crippen LogP contribution >= 0.6 is 12.4 Å². The average molecular weight is 340 g/mol. The smallest absolute Gasteiger partial charge is 0.325 e. The molecule has 3 N–H and O–H groups in total. The van der Waals surface area contributed by atoms with E-state index in [4.69, 9.17) is 5.73 Å². The van der Waals surface area contributed by atoms with Crippen LogP contribution in [-0.2, 0) is 11.8 Å². The zero-order valence-electron chi connectivity index (χ0n) is 13.4. The number of nitrogens with two attached hydrogens (primary N) is 1. The lowest BCUT2D eigenvalue weighted by atomic mass is 9.96. The Morgan fingerprint density at radius 3 is 2.43 bits per heavy atom. The number of rotatable bonds is 5. The Morgan fingerprint density at radius 1 is 1.35 bits per heavy atom. The van der Waals surface area contributed by atoms with Gasteiger partial charge in [0, 0.05) is 12.7 Å². The number of halogens is 1. The molecule has 0 saturated heterocycles. The van der Waals surface area contributed by atoms with Gasteiger partial charge >= 0.3 is 5.69 Å². The zero-order valence-corrected chi connectivity index (χ0v) is 14.3. The Balaban J connectivity index is 0.00000264. The molecule has 8 heteroatoms. The molecule has 23 heavy (non-hydrogen) atoms. The van der Waals surface area contributed by atoms with E-state index in [-0.39, 0.29) is 24.0 Å². The van der Waals surface area contributed by atoms with Crippen LogP contribution in [0.3, 0.4) is 0 Å². The lowest BCUT2D eigenvalue weighted by Crippen LogP contribution is -2.48. The van der Waals surface area contributed by atoms with E-state index in [1.807, 2.05) is 6.92 Å². The second-order valence-electron chi connectivity index (χ2n) is 5.60. The van der Waals surface area contributed by atoms with Crippen molar-refractivity contribution in [3.8, 4) is 5.69 Å². The van der Waals surface area contributed by atoms with Crippen molar-refractivity contribution in [2.75, 3.05) is 5.32 Å². The molecule has 0 bridgehead atoms. The molecule has 0 radical (unpaired) electrons. The maximum atomic E-state index is 12.1. The zero-order chi connectivity index (χ0) is 16.3. The van der Waals surface area contributed by atoms with Gasteiger partial charge in [0.1, 0.15) is 6.33 Å². The first-order chi connectivity index (χ1) is 10.3. The van der Waals surface area contributed by atoms with Crippen molar-refractivity contribution < 1.29 is 4.79 Å². The Labute approximate surface area is 140 Å². The predicted octanol–water partition coefficient (Wildman–Crippen LogP) is 1.45. The van der Waals surface area contributed by atoms with E-state index in [1.54, 1.807) is 38.2 Å². The lowest BCUT2D eigenvalue weighted by molar-refractivity contribution is -0.120. The molecule has 0 saturated carbocycles. The molecule has 7 nitrogen and oxygen atoms in total. The average Bonchev–Trinajstić information content (AvgIpc) is 2.80. The lowest BCUT2D eigenvalue weighted by Gasteiger charge is -2.22. The number of amides is 1. The van der Waals surface area contributed by atoms with E-state index in [1.165, 1.54) is 15.6 Å². The topological polar surface area (TPSA) is 94.9 Å². The molecule has 1 unspecified atom stereocenters. The fraction of sp³-hybridized carbons (Fsp3) is 0.400. The number of carbonyl (C=O) groups excluding carboxylic acids is 1. The maximum Gasteiger partial charge on any atom is 0.350 e. The highest BCUT2D eigenvalue weighted by molar-refractivity contribution is 5.97. The molecular formula is C15H22ClN5O2.